The number of hydrogen-bond donors (Lipinski definition) is 0. The lowest BCUT2D eigenvalue weighted by Crippen LogP contribution is -2.27. The van der Waals surface area contributed by atoms with Crippen LogP contribution in [-0.2, 0) is 4.79 Å². The zero-order valence-corrected chi connectivity index (χ0v) is 15.6. The molecule has 0 bridgehead atoms. The van der Waals surface area contributed by atoms with Crippen LogP contribution in [0.1, 0.15) is 12.5 Å². The first-order valence-electron chi connectivity index (χ1n) is 8.77. The lowest BCUT2D eigenvalue weighted by Gasteiger charge is -2.29. The number of likely N-dealkylation sites (N-methyl/N-ethyl adjacent to an activating group) is 1. The summed E-state index contributed by atoms with van der Waals surface area (Å²) in [5, 5.41) is -0.271. The van der Waals surface area contributed by atoms with E-state index in [1.54, 1.807) is 18.2 Å². The van der Waals surface area contributed by atoms with Crippen LogP contribution in [0.3, 0.4) is 0 Å². The number of imide groups is 1. The van der Waals surface area contributed by atoms with Gasteiger partial charge >= 0.3 is 0 Å². The van der Waals surface area contributed by atoms with Crippen LogP contribution < -0.4 is 9.80 Å². The predicted molar refractivity (Wildman–Crippen MR) is 112 cm³/mol. The van der Waals surface area contributed by atoms with E-state index in [-0.39, 0.29) is 11.1 Å². The number of allylic oxidation sites excluding steroid dienone is 3. The second-order valence-corrected chi connectivity index (χ2v) is 7.10. The number of thioether (sulfide) groups is 1. The summed E-state index contributed by atoms with van der Waals surface area (Å²) in [7, 11) is 0. The van der Waals surface area contributed by atoms with E-state index in [1.165, 1.54) is 10.5 Å². The number of benzene rings is 2. The highest BCUT2D eigenvalue weighted by Gasteiger charge is 2.35. The van der Waals surface area contributed by atoms with Gasteiger partial charge in [0, 0.05) is 17.9 Å². The Hall–Kier alpha value is -3.05. The fourth-order valence-electron chi connectivity index (χ4n) is 3.22. The third-order valence-corrected chi connectivity index (χ3v) is 5.39. The Bertz CT molecular complexity index is 992. The second-order valence-electron chi connectivity index (χ2n) is 6.10. The Morgan fingerprint density at radius 3 is 2.44 bits per heavy atom. The molecule has 1 saturated heterocycles. The van der Waals surface area contributed by atoms with Crippen molar-refractivity contribution in [2.45, 2.75) is 6.92 Å². The minimum absolute atomic E-state index is 0.271. The molecule has 0 unspecified atom stereocenters. The number of carbonyl (C=O) groups is 2. The Kier molecular flexibility index (Phi) is 4.69. The molecule has 2 aliphatic heterocycles. The topological polar surface area (TPSA) is 40.6 Å². The molecule has 0 saturated carbocycles. The van der Waals surface area contributed by atoms with Crippen LogP contribution in [0.2, 0.25) is 0 Å². The molecular formula is C22H18N2O2S. The molecule has 0 radical (unpaired) electrons. The van der Waals surface area contributed by atoms with Crippen molar-refractivity contribution in [1.29, 1.82) is 0 Å². The van der Waals surface area contributed by atoms with Crippen LogP contribution in [-0.4, -0.2) is 17.7 Å². The van der Waals surface area contributed by atoms with Crippen LogP contribution in [0, 0.1) is 0 Å². The molecule has 0 aliphatic carbocycles. The van der Waals surface area contributed by atoms with E-state index in [1.807, 2.05) is 42.5 Å². The van der Waals surface area contributed by atoms with Gasteiger partial charge in [-0.15, -0.1) is 0 Å². The zero-order valence-electron chi connectivity index (χ0n) is 14.8. The third kappa shape index (κ3) is 3.22. The summed E-state index contributed by atoms with van der Waals surface area (Å²) in [6, 6.07) is 17.2. The highest BCUT2D eigenvalue weighted by atomic mass is 32.2. The van der Waals surface area contributed by atoms with Crippen molar-refractivity contribution in [1.82, 2.24) is 0 Å². The first kappa shape index (κ1) is 17.4. The van der Waals surface area contributed by atoms with Gasteiger partial charge in [-0.25, -0.2) is 4.90 Å². The number of rotatable bonds is 3. The van der Waals surface area contributed by atoms with E-state index >= 15 is 0 Å². The lowest BCUT2D eigenvalue weighted by atomic mass is 10.1. The van der Waals surface area contributed by atoms with Crippen LogP contribution in [0.5, 0.6) is 0 Å². The van der Waals surface area contributed by atoms with E-state index in [4.69, 9.17) is 0 Å². The van der Waals surface area contributed by atoms with Crippen LogP contribution in [0.15, 0.2) is 83.4 Å². The maximum atomic E-state index is 12.7. The van der Waals surface area contributed by atoms with Gasteiger partial charge in [0.05, 0.1) is 10.6 Å². The van der Waals surface area contributed by atoms with Crippen molar-refractivity contribution in [3.05, 3.63) is 89.0 Å². The molecule has 1 fully saturated rings. The third-order valence-electron chi connectivity index (χ3n) is 4.50. The van der Waals surface area contributed by atoms with Crippen LogP contribution in [0.4, 0.5) is 16.2 Å². The van der Waals surface area contributed by atoms with Gasteiger partial charge in [0.1, 0.15) is 0 Å². The van der Waals surface area contributed by atoms with E-state index in [9.17, 15) is 9.59 Å². The summed E-state index contributed by atoms with van der Waals surface area (Å²) < 4.78 is 0. The predicted octanol–water partition coefficient (Wildman–Crippen LogP) is 5.21. The number of para-hydroxylation sites is 2. The summed E-state index contributed by atoms with van der Waals surface area (Å²) in [5.41, 5.74) is 3.89. The Morgan fingerprint density at radius 1 is 0.926 bits per heavy atom. The van der Waals surface area contributed by atoms with Gasteiger partial charge in [0.15, 0.2) is 0 Å². The van der Waals surface area contributed by atoms with E-state index in [0.717, 1.165) is 29.7 Å². The van der Waals surface area contributed by atoms with Crippen LogP contribution in [0.25, 0.3) is 6.08 Å². The summed E-state index contributed by atoms with van der Waals surface area (Å²) in [6.45, 7) is 2.90. The van der Waals surface area contributed by atoms with E-state index in [2.05, 4.69) is 30.0 Å². The molecule has 0 atom stereocenters. The molecule has 0 aromatic heterocycles. The van der Waals surface area contributed by atoms with Crippen molar-refractivity contribution in [3.63, 3.8) is 0 Å². The molecule has 2 heterocycles. The van der Waals surface area contributed by atoms with Gasteiger partial charge < -0.3 is 4.90 Å². The number of amides is 2. The molecular weight excluding hydrogens is 356 g/mol. The molecule has 0 N–H and O–H groups in total. The first-order chi connectivity index (χ1) is 13.2. The number of hydrogen-bond acceptors (Lipinski definition) is 4. The fraction of sp³-hybridized carbons (Fsp3) is 0.0909. The van der Waals surface area contributed by atoms with Gasteiger partial charge in [0.25, 0.3) is 11.1 Å². The molecule has 5 heteroatoms. The molecule has 2 aliphatic rings. The number of carbonyl (C=O) groups excluding carboxylic acids is 2. The number of nitrogens with zero attached hydrogens (tertiary/aromatic N) is 2. The van der Waals surface area contributed by atoms with Gasteiger partial charge in [0.2, 0.25) is 0 Å². The van der Waals surface area contributed by atoms with Crippen molar-refractivity contribution in [2.24, 2.45) is 0 Å². The zero-order chi connectivity index (χ0) is 18.8. The lowest BCUT2D eigenvalue weighted by molar-refractivity contribution is -0.113. The standard InChI is InChI=1S/C22H18N2O2S/c1-2-23-17(13-12-16-8-6-7-11-19(16)23)14-15-20-21(25)24(22(26)27-20)18-9-4-3-5-10-18/h3-15H,2H2,1H3. The Labute approximate surface area is 162 Å². The smallest absolute Gasteiger partial charge is 0.298 e. The average Bonchev–Trinajstić information content (AvgIpc) is 2.99. The monoisotopic (exact) mass is 374 g/mol. The maximum absolute atomic E-state index is 12.7. The van der Waals surface area contributed by atoms with Gasteiger partial charge in [-0.1, -0.05) is 42.5 Å². The molecule has 2 aromatic carbocycles. The van der Waals surface area contributed by atoms with E-state index < -0.39 is 0 Å². The summed E-state index contributed by atoms with van der Waals surface area (Å²) in [6.07, 6.45) is 7.74. The molecule has 4 rings (SSSR count). The van der Waals surface area contributed by atoms with Crippen molar-refractivity contribution >= 4 is 40.4 Å². The summed E-state index contributed by atoms with van der Waals surface area (Å²) in [5.74, 6) is -0.281. The summed E-state index contributed by atoms with van der Waals surface area (Å²) in [4.78, 5) is 28.8. The molecule has 27 heavy (non-hydrogen) atoms. The van der Waals surface area contributed by atoms with Gasteiger partial charge in [-0.3, -0.25) is 9.59 Å². The minimum Gasteiger partial charge on any atom is -0.341 e. The normalized spacial score (nSPS) is 19.3. The number of fused-ring (bicyclic) bond motifs is 1. The van der Waals surface area contributed by atoms with Crippen molar-refractivity contribution in [2.75, 3.05) is 16.3 Å². The highest BCUT2D eigenvalue weighted by Crippen LogP contribution is 2.35. The van der Waals surface area contributed by atoms with Crippen LogP contribution >= 0.6 is 11.8 Å². The maximum Gasteiger partial charge on any atom is 0.298 e. The SMILES string of the molecule is CCN1C(=CC=C2SC(=O)N(c3ccccc3)C2=O)C=Cc2ccccc21. The van der Waals surface area contributed by atoms with Crippen molar-refractivity contribution in [3.8, 4) is 0 Å². The van der Waals surface area contributed by atoms with E-state index in [0.29, 0.717) is 10.6 Å². The Balaban J connectivity index is 1.63. The quantitative estimate of drug-likeness (QED) is 0.692. The minimum atomic E-state index is -0.281. The molecule has 4 nitrogen and oxygen atoms in total. The average molecular weight is 374 g/mol. The Morgan fingerprint density at radius 2 is 1.67 bits per heavy atom. The van der Waals surface area contributed by atoms with Crippen molar-refractivity contribution < 1.29 is 9.59 Å². The van der Waals surface area contributed by atoms with Gasteiger partial charge in [-0.2, -0.15) is 0 Å². The summed E-state index contributed by atoms with van der Waals surface area (Å²) >= 11 is 0.971. The fourth-order valence-corrected chi connectivity index (χ4v) is 4.00. The van der Waals surface area contributed by atoms with Gasteiger partial charge in [-0.05, 0) is 60.7 Å². The molecule has 0 spiro atoms. The molecule has 2 amide bonds. The number of anilines is 2. The second kappa shape index (κ2) is 7.29. The molecule has 2 aromatic rings. The largest absolute Gasteiger partial charge is 0.341 e. The first-order valence-corrected chi connectivity index (χ1v) is 9.58. The molecule has 134 valence electrons. The highest BCUT2D eigenvalue weighted by molar-refractivity contribution is 8.18.